The average molecular weight is 420 g/mol. The van der Waals surface area contributed by atoms with Crippen molar-refractivity contribution in [3.05, 3.63) is 51.8 Å². The number of fused-ring (bicyclic) bond motifs is 4. The molecule has 5 nitrogen and oxygen atoms in total. The summed E-state index contributed by atoms with van der Waals surface area (Å²) in [5.41, 5.74) is 1.79. The number of hydrogen-bond donors (Lipinski definition) is 2. The molecule has 5 rings (SSSR count). The van der Waals surface area contributed by atoms with Crippen LogP contribution in [0.2, 0.25) is 10.0 Å². The number of methoxy groups -OCH3 is 1. The molecule has 7 heteroatoms. The summed E-state index contributed by atoms with van der Waals surface area (Å²) in [4.78, 5) is 18.3. The monoisotopic (exact) mass is 419 g/mol. The van der Waals surface area contributed by atoms with Crippen molar-refractivity contribution >= 4 is 46.1 Å². The minimum Gasteiger partial charge on any atom is -0.491 e. The lowest BCUT2D eigenvalue weighted by molar-refractivity contribution is -0.122. The molecule has 2 N–H and O–H groups in total. The van der Waals surface area contributed by atoms with Crippen LogP contribution in [-0.2, 0) is 9.53 Å². The molecule has 28 heavy (non-hydrogen) atoms. The van der Waals surface area contributed by atoms with Gasteiger partial charge in [-0.05, 0) is 62.2 Å². The third kappa shape index (κ3) is 4.07. The van der Waals surface area contributed by atoms with E-state index in [9.17, 15) is 4.79 Å². The number of H-pyrrole nitrogens is 1. The van der Waals surface area contributed by atoms with E-state index in [1.807, 2.05) is 18.2 Å². The van der Waals surface area contributed by atoms with Gasteiger partial charge in [0.05, 0.1) is 17.2 Å². The molecule has 0 spiro atoms. The summed E-state index contributed by atoms with van der Waals surface area (Å²) in [7, 11) is 1.52. The second-order valence-corrected chi connectivity index (χ2v) is 8.20. The van der Waals surface area contributed by atoms with E-state index >= 15 is 0 Å². The highest BCUT2D eigenvalue weighted by molar-refractivity contribution is 6.42. The Morgan fingerprint density at radius 2 is 2.00 bits per heavy atom. The SMILES string of the molecule is CO/C(=C\C=C\c1cc2cc(Cl)c(Cl)cc2[nH]1)C(=O)NC1CN2CCC1CC2. The van der Waals surface area contributed by atoms with Crippen molar-refractivity contribution in [2.75, 3.05) is 26.7 Å². The fourth-order valence-electron chi connectivity index (χ4n) is 4.08. The summed E-state index contributed by atoms with van der Waals surface area (Å²) in [6.07, 6.45) is 7.67. The first kappa shape index (κ1) is 19.4. The van der Waals surface area contributed by atoms with E-state index in [0.29, 0.717) is 21.7 Å². The number of nitrogens with zero attached hydrogens (tertiary/aromatic N) is 1. The van der Waals surface area contributed by atoms with Crippen molar-refractivity contribution in [3.8, 4) is 0 Å². The summed E-state index contributed by atoms with van der Waals surface area (Å²) in [6.45, 7) is 3.23. The summed E-state index contributed by atoms with van der Waals surface area (Å²) >= 11 is 12.1. The van der Waals surface area contributed by atoms with Crippen LogP contribution in [0.1, 0.15) is 18.5 Å². The van der Waals surface area contributed by atoms with Gasteiger partial charge in [0.25, 0.3) is 5.91 Å². The van der Waals surface area contributed by atoms with Crippen LogP contribution in [0.5, 0.6) is 0 Å². The van der Waals surface area contributed by atoms with Crippen LogP contribution in [0, 0.1) is 5.92 Å². The molecule has 1 aromatic heterocycles. The van der Waals surface area contributed by atoms with Crippen LogP contribution in [-0.4, -0.2) is 48.6 Å². The predicted octanol–water partition coefficient (Wildman–Crippen LogP) is 4.23. The number of amides is 1. The number of ether oxygens (including phenoxy) is 1. The molecule has 3 aliphatic heterocycles. The lowest BCUT2D eigenvalue weighted by atomic mass is 9.84. The maximum Gasteiger partial charge on any atom is 0.286 e. The maximum atomic E-state index is 12.6. The minimum absolute atomic E-state index is 0.166. The minimum atomic E-state index is -0.166. The molecule has 2 bridgehead atoms. The van der Waals surface area contributed by atoms with Crippen molar-refractivity contribution in [1.82, 2.24) is 15.2 Å². The van der Waals surface area contributed by atoms with Gasteiger partial charge in [-0.25, -0.2) is 0 Å². The molecule has 0 saturated carbocycles. The molecule has 3 fully saturated rings. The Kier molecular flexibility index (Phi) is 5.67. The fourth-order valence-corrected chi connectivity index (χ4v) is 4.42. The van der Waals surface area contributed by atoms with Gasteiger partial charge in [-0.3, -0.25) is 4.79 Å². The van der Waals surface area contributed by atoms with Crippen LogP contribution in [0.25, 0.3) is 17.0 Å². The Hall–Kier alpha value is -1.95. The second kappa shape index (κ2) is 8.19. The van der Waals surface area contributed by atoms with Gasteiger partial charge in [-0.2, -0.15) is 0 Å². The lowest BCUT2D eigenvalue weighted by Crippen LogP contribution is -2.57. The van der Waals surface area contributed by atoms with Gasteiger partial charge in [-0.1, -0.05) is 29.3 Å². The quantitative estimate of drug-likeness (QED) is 0.433. The van der Waals surface area contributed by atoms with E-state index in [-0.39, 0.29) is 11.9 Å². The highest BCUT2D eigenvalue weighted by atomic mass is 35.5. The molecule has 2 aromatic rings. The highest BCUT2D eigenvalue weighted by Gasteiger charge is 2.35. The van der Waals surface area contributed by atoms with Gasteiger partial charge in [0.15, 0.2) is 5.76 Å². The third-order valence-corrected chi connectivity index (χ3v) is 6.34. The Morgan fingerprint density at radius 1 is 1.25 bits per heavy atom. The van der Waals surface area contributed by atoms with Crippen molar-refractivity contribution in [1.29, 1.82) is 0 Å². The standard InChI is InChI=1S/C21H23Cl2N3O2/c1-28-20(21(27)25-19-12-26-7-5-13(19)6-8-26)4-2-3-15-9-14-10-16(22)17(23)11-18(14)24-15/h2-4,9-11,13,19,24H,5-8,12H2,1H3,(H,25,27)/b3-2+,20-4-. The van der Waals surface area contributed by atoms with E-state index < -0.39 is 0 Å². The Labute approximate surface area is 174 Å². The van der Waals surface area contributed by atoms with E-state index in [1.165, 1.54) is 7.11 Å². The number of aromatic nitrogens is 1. The molecule has 3 saturated heterocycles. The largest absolute Gasteiger partial charge is 0.491 e. The fraction of sp³-hybridized carbons (Fsp3) is 0.381. The average Bonchev–Trinajstić information content (AvgIpc) is 3.08. The Morgan fingerprint density at radius 3 is 2.68 bits per heavy atom. The topological polar surface area (TPSA) is 57.4 Å². The van der Waals surface area contributed by atoms with Gasteiger partial charge in [0, 0.05) is 29.2 Å². The van der Waals surface area contributed by atoms with Crippen LogP contribution < -0.4 is 5.32 Å². The molecule has 1 aromatic carbocycles. The van der Waals surface area contributed by atoms with Gasteiger partial charge < -0.3 is 19.9 Å². The number of benzene rings is 1. The van der Waals surface area contributed by atoms with Gasteiger partial charge in [-0.15, -0.1) is 0 Å². The molecule has 148 valence electrons. The number of nitrogens with one attached hydrogen (secondary N) is 2. The van der Waals surface area contributed by atoms with Crippen LogP contribution in [0.15, 0.2) is 36.1 Å². The number of piperidine rings is 3. The molecule has 1 unspecified atom stereocenters. The first-order valence-electron chi connectivity index (χ1n) is 9.47. The number of carbonyl (C=O) groups excluding carboxylic acids is 1. The van der Waals surface area contributed by atoms with Crippen molar-refractivity contribution in [3.63, 3.8) is 0 Å². The predicted molar refractivity (Wildman–Crippen MR) is 114 cm³/mol. The first-order valence-corrected chi connectivity index (χ1v) is 10.2. The Bertz CT molecular complexity index is 904. The number of allylic oxidation sites excluding steroid dienone is 2. The highest BCUT2D eigenvalue weighted by Crippen LogP contribution is 2.29. The normalized spacial score (nSPS) is 24.8. The van der Waals surface area contributed by atoms with Crippen molar-refractivity contribution in [2.24, 2.45) is 5.92 Å². The van der Waals surface area contributed by atoms with E-state index in [2.05, 4.69) is 15.2 Å². The molecule has 1 amide bonds. The number of halogens is 2. The van der Waals surface area contributed by atoms with Crippen LogP contribution >= 0.6 is 23.2 Å². The zero-order chi connectivity index (χ0) is 19.7. The molecular formula is C21H23Cl2N3O2. The summed E-state index contributed by atoms with van der Waals surface area (Å²) < 4.78 is 5.30. The number of hydrogen-bond acceptors (Lipinski definition) is 3. The molecule has 4 heterocycles. The zero-order valence-electron chi connectivity index (χ0n) is 15.7. The van der Waals surface area contributed by atoms with E-state index in [1.54, 1.807) is 18.2 Å². The number of rotatable bonds is 5. The van der Waals surface area contributed by atoms with Gasteiger partial charge in [0.1, 0.15) is 0 Å². The molecule has 0 radical (unpaired) electrons. The third-order valence-electron chi connectivity index (χ3n) is 5.62. The van der Waals surface area contributed by atoms with E-state index in [4.69, 9.17) is 27.9 Å². The van der Waals surface area contributed by atoms with Crippen LogP contribution in [0.3, 0.4) is 0 Å². The second-order valence-electron chi connectivity index (χ2n) is 7.39. The number of carbonyl (C=O) groups is 1. The van der Waals surface area contributed by atoms with Gasteiger partial charge in [0.2, 0.25) is 0 Å². The summed E-state index contributed by atoms with van der Waals surface area (Å²) in [6, 6.07) is 5.81. The Balaban J connectivity index is 1.43. The summed E-state index contributed by atoms with van der Waals surface area (Å²) in [5, 5.41) is 5.15. The summed E-state index contributed by atoms with van der Waals surface area (Å²) in [5.74, 6) is 0.712. The van der Waals surface area contributed by atoms with Gasteiger partial charge >= 0.3 is 0 Å². The molecular weight excluding hydrogens is 397 g/mol. The number of aromatic amines is 1. The van der Waals surface area contributed by atoms with Crippen molar-refractivity contribution in [2.45, 2.75) is 18.9 Å². The lowest BCUT2D eigenvalue weighted by Gasteiger charge is -2.44. The van der Waals surface area contributed by atoms with Crippen LogP contribution in [0.4, 0.5) is 0 Å². The zero-order valence-corrected chi connectivity index (χ0v) is 17.2. The first-order chi connectivity index (χ1) is 13.5. The maximum absolute atomic E-state index is 12.6. The smallest absolute Gasteiger partial charge is 0.286 e. The molecule has 1 atom stereocenters. The van der Waals surface area contributed by atoms with Crippen molar-refractivity contribution < 1.29 is 9.53 Å². The van der Waals surface area contributed by atoms with E-state index in [0.717, 1.165) is 49.1 Å². The molecule has 0 aliphatic carbocycles. The molecule has 3 aliphatic rings.